The van der Waals surface area contributed by atoms with E-state index >= 15 is 0 Å². The molecule has 2 aliphatic heterocycles. The summed E-state index contributed by atoms with van der Waals surface area (Å²) < 4.78 is 6.12. The zero-order valence-electron chi connectivity index (χ0n) is 18.8. The van der Waals surface area contributed by atoms with Crippen molar-refractivity contribution in [3.63, 3.8) is 0 Å². The highest BCUT2D eigenvalue weighted by Crippen LogP contribution is 2.51. The summed E-state index contributed by atoms with van der Waals surface area (Å²) in [5.41, 5.74) is 4.03. The van der Waals surface area contributed by atoms with Crippen LogP contribution in [-0.2, 0) is 15.0 Å². The van der Waals surface area contributed by atoms with E-state index in [1.807, 2.05) is 35.2 Å². The molecular formula is C26H23N3O4. The van der Waals surface area contributed by atoms with E-state index in [9.17, 15) is 14.4 Å². The fourth-order valence-corrected chi connectivity index (χ4v) is 4.56. The Hall–Kier alpha value is -4.13. The van der Waals surface area contributed by atoms with Crippen LogP contribution in [0.4, 0.5) is 22.1 Å². The molecule has 7 nitrogen and oxygen atoms in total. The number of fused-ring (bicyclic) bond motifs is 2. The van der Waals surface area contributed by atoms with Gasteiger partial charge in [-0.1, -0.05) is 50.2 Å². The quantitative estimate of drug-likeness (QED) is 0.421. The van der Waals surface area contributed by atoms with Crippen molar-refractivity contribution in [3.8, 4) is 0 Å². The average molecular weight is 441 g/mol. The number of hydrogen-bond donors (Lipinski definition) is 0. The summed E-state index contributed by atoms with van der Waals surface area (Å²) in [5.74, 6) is -0.406. The van der Waals surface area contributed by atoms with Crippen LogP contribution < -0.4 is 4.90 Å². The molecule has 0 radical (unpaired) electrons. The lowest BCUT2D eigenvalue weighted by Gasteiger charge is -2.40. The summed E-state index contributed by atoms with van der Waals surface area (Å²) in [5, 5.41) is 0. The van der Waals surface area contributed by atoms with E-state index in [2.05, 4.69) is 38.1 Å². The number of rotatable bonds is 2. The summed E-state index contributed by atoms with van der Waals surface area (Å²) in [6, 6.07) is 19.2. The normalized spacial score (nSPS) is 17.3. The number of anilines is 3. The minimum absolute atomic E-state index is 0.124. The van der Waals surface area contributed by atoms with Gasteiger partial charge in [0.2, 0.25) is 5.88 Å². The molecule has 5 rings (SSSR count). The lowest BCUT2D eigenvalue weighted by molar-refractivity contribution is -0.134. The van der Waals surface area contributed by atoms with Gasteiger partial charge in [0, 0.05) is 25.6 Å². The Morgan fingerprint density at radius 1 is 0.758 bits per heavy atom. The number of urea groups is 1. The number of para-hydroxylation sites is 2. The van der Waals surface area contributed by atoms with Crippen molar-refractivity contribution in [2.75, 3.05) is 19.0 Å². The maximum atomic E-state index is 12.5. The highest BCUT2D eigenvalue weighted by molar-refractivity contribution is 6.30. The van der Waals surface area contributed by atoms with Crippen molar-refractivity contribution in [2.24, 2.45) is 0 Å². The van der Waals surface area contributed by atoms with Gasteiger partial charge < -0.3 is 4.42 Å². The van der Waals surface area contributed by atoms with Crippen molar-refractivity contribution in [1.29, 1.82) is 0 Å². The van der Waals surface area contributed by atoms with Crippen molar-refractivity contribution in [1.82, 2.24) is 9.80 Å². The van der Waals surface area contributed by atoms with Crippen LogP contribution in [0.25, 0.3) is 6.08 Å². The molecule has 2 aromatic carbocycles. The third kappa shape index (κ3) is 3.00. The van der Waals surface area contributed by atoms with E-state index in [0.717, 1.165) is 21.2 Å². The molecule has 1 fully saturated rings. The molecular weight excluding hydrogens is 418 g/mol. The van der Waals surface area contributed by atoms with Crippen LogP contribution in [0.2, 0.25) is 0 Å². The number of imide groups is 2. The Kier molecular flexibility index (Phi) is 4.53. The summed E-state index contributed by atoms with van der Waals surface area (Å²) in [6.45, 7) is 4.41. The van der Waals surface area contributed by atoms with Gasteiger partial charge in [-0.25, -0.2) is 4.79 Å². The van der Waals surface area contributed by atoms with E-state index in [1.165, 1.54) is 31.3 Å². The molecule has 0 spiro atoms. The predicted molar refractivity (Wildman–Crippen MR) is 124 cm³/mol. The summed E-state index contributed by atoms with van der Waals surface area (Å²) in [7, 11) is 2.69. The van der Waals surface area contributed by atoms with Crippen molar-refractivity contribution in [2.45, 2.75) is 19.3 Å². The monoisotopic (exact) mass is 441 g/mol. The molecule has 1 aromatic heterocycles. The molecule has 1 saturated heterocycles. The van der Waals surface area contributed by atoms with E-state index in [-0.39, 0.29) is 11.0 Å². The number of hydrogen-bond acceptors (Lipinski definition) is 5. The largest absolute Gasteiger partial charge is 0.440 e. The second-order valence-electron chi connectivity index (χ2n) is 8.74. The number of nitrogens with zero attached hydrogens (tertiary/aromatic N) is 3. The van der Waals surface area contributed by atoms with Crippen LogP contribution in [0.15, 0.2) is 70.7 Å². The van der Waals surface area contributed by atoms with Crippen LogP contribution in [0.3, 0.4) is 0 Å². The van der Waals surface area contributed by atoms with Gasteiger partial charge in [0.15, 0.2) is 0 Å². The number of amides is 4. The Balaban J connectivity index is 1.61. The van der Waals surface area contributed by atoms with E-state index in [0.29, 0.717) is 11.6 Å². The fourth-order valence-electron chi connectivity index (χ4n) is 4.56. The van der Waals surface area contributed by atoms with Crippen LogP contribution in [-0.4, -0.2) is 41.7 Å². The van der Waals surface area contributed by atoms with E-state index in [1.54, 1.807) is 6.07 Å². The number of benzene rings is 2. The Labute approximate surface area is 191 Å². The van der Waals surface area contributed by atoms with Crippen molar-refractivity contribution in [3.05, 3.63) is 83.1 Å². The number of carbonyl (C=O) groups is 3. The molecule has 7 heteroatoms. The summed E-state index contributed by atoms with van der Waals surface area (Å²) >= 11 is 0. The van der Waals surface area contributed by atoms with Gasteiger partial charge in [0.05, 0.1) is 11.4 Å². The maximum Gasteiger partial charge on any atom is 0.333 e. The smallest absolute Gasteiger partial charge is 0.333 e. The first-order valence-corrected chi connectivity index (χ1v) is 10.6. The third-order valence-electron chi connectivity index (χ3n) is 6.40. The van der Waals surface area contributed by atoms with E-state index < -0.39 is 17.8 Å². The van der Waals surface area contributed by atoms with Crippen LogP contribution in [0.1, 0.15) is 30.7 Å². The van der Waals surface area contributed by atoms with Gasteiger partial charge >= 0.3 is 6.03 Å². The molecule has 0 saturated carbocycles. The fraction of sp³-hybridized carbons (Fsp3) is 0.192. The van der Waals surface area contributed by atoms with Crippen LogP contribution in [0.5, 0.6) is 0 Å². The van der Waals surface area contributed by atoms with Gasteiger partial charge in [-0.05, 0) is 35.4 Å². The second kappa shape index (κ2) is 7.20. The predicted octanol–water partition coefficient (Wildman–Crippen LogP) is 4.82. The standard InChI is InChI=1S/C26H23N3O4/c1-26(2)18-9-5-7-11-20(18)29(21-12-8-6-10-19(21)26)22-14-13-16(33-22)15-17-23(30)27(3)25(32)28(4)24(17)31/h5-15H,1-4H3. The SMILES string of the molecule is CN1C(=O)C(=Cc2ccc(N3c4ccccc4C(C)(C)c4ccccc43)o2)C(=O)N(C)C1=O. The third-order valence-corrected chi connectivity index (χ3v) is 6.40. The first-order chi connectivity index (χ1) is 15.7. The molecule has 4 amide bonds. The van der Waals surface area contributed by atoms with Crippen LogP contribution >= 0.6 is 0 Å². The van der Waals surface area contributed by atoms with Gasteiger partial charge in [0.1, 0.15) is 11.3 Å². The lowest BCUT2D eigenvalue weighted by atomic mass is 9.74. The van der Waals surface area contributed by atoms with Gasteiger partial charge in [-0.15, -0.1) is 0 Å². The molecule has 0 N–H and O–H groups in total. The Morgan fingerprint density at radius 2 is 1.27 bits per heavy atom. The number of likely N-dealkylation sites (N-methyl/N-ethyl adjacent to an activating group) is 2. The number of carbonyl (C=O) groups excluding carboxylic acids is 3. The molecule has 33 heavy (non-hydrogen) atoms. The van der Waals surface area contributed by atoms with Crippen LogP contribution in [0, 0.1) is 0 Å². The highest BCUT2D eigenvalue weighted by Gasteiger charge is 2.39. The number of furan rings is 1. The maximum absolute atomic E-state index is 12.5. The van der Waals surface area contributed by atoms with Crippen molar-refractivity contribution >= 4 is 41.2 Å². The van der Waals surface area contributed by atoms with Gasteiger partial charge in [0.25, 0.3) is 11.8 Å². The lowest BCUT2D eigenvalue weighted by Crippen LogP contribution is -2.52. The van der Waals surface area contributed by atoms with Crippen molar-refractivity contribution < 1.29 is 18.8 Å². The minimum atomic E-state index is -0.661. The highest BCUT2D eigenvalue weighted by atomic mass is 16.4. The molecule has 0 atom stereocenters. The zero-order valence-corrected chi connectivity index (χ0v) is 18.8. The first-order valence-electron chi connectivity index (χ1n) is 10.6. The molecule has 0 aliphatic carbocycles. The summed E-state index contributed by atoms with van der Waals surface area (Å²) in [4.78, 5) is 40.9. The molecule has 3 aromatic rings. The zero-order chi connectivity index (χ0) is 23.5. The Bertz CT molecular complexity index is 1280. The molecule has 2 aliphatic rings. The molecule has 0 bridgehead atoms. The molecule has 0 unspecified atom stereocenters. The molecule has 166 valence electrons. The molecule has 3 heterocycles. The van der Waals surface area contributed by atoms with Gasteiger partial charge in [-0.3, -0.25) is 24.3 Å². The first kappa shape index (κ1) is 20.8. The topological polar surface area (TPSA) is 74.1 Å². The Morgan fingerprint density at radius 3 is 1.82 bits per heavy atom. The van der Waals surface area contributed by atoms with E-state index in [4.69, 9.17) is 4.42 Å². The average Bonchev–Trinajstić information content (AvgIpc) is 3.28. The number of barbiturate groups is 1. The van der Waals surface area contributed by atoms with Gasteiger partial charge in [-0.2, -0.15) is 0 Å². The second-order valence-corrected chi connectivity index (χ2v) is 8.74. The summed E-state index contributed by atoms with van der Waals surface area (Å²) in [6.07, 6.45) is 1.39. The minimum Gasteiger partial charge on any atom is -0.440 e.